The standard InChI is InChI=1S/C20H27ClN2O2S/c21-18-8-6-16(7-9-18)14-26-15-19(24)23-12-4-5-17(13-23)20(25)22-10-2-1-3-11-22/h6-9,17H,1-5,10-15H2. The molecule has 4 nitrogen and oxygen atoms in total. The summed E-state index contributed by atoms with van der Waals surface area (Å²) in [6, 6.07) is 7.74. The first-order valence-corrected chi connectivity index (χ1v) is 11.1. The zero-order chi connectivity index (χ0) is 18.4. The summed E-state index contributed by atoms with van der Waals surface area (Å²) in [7, 11) is 0. The molecule has 2 amide bonds. The van der Waals surface area contributed by atoms with Gasteiger partial charge in [0.25, 0.3) is 0 Å². The van der Waals surface area contributed by atoms with Gasteiger partial charge in [0.1, 0.15) is 0 Å². The van der Waals surface area contributed by atoms with Crippen molar-refractivity contribution in [2.24, 2.45) is 5.92 Å². The first kappa shape index (κ1) is 19.6. The predicted octanol–water partition coefficient (Wildman–Crippen LogP) is 3.82. The molecular weight excluding hydrogens is 368 g/mol. The maximum Gasteiger partial charge on any atom is 0.232 e. The van der Waals surface area contributed by atoms with E-state index in [1.807, 2.05) is 34.1 Å². The van der Waals surface area contributed by atoms with E-state index in [-0.39, 0.29) is 17.7 Å². The fourth-order valence-corrected chi connectivity index (χ4v) is 4.72. The SMILES string of the molecule is O=C(CSCc1ccc(Cl)cc1)N1CCCC(C(=O)N2CCCCC2)C1. The monoisotopic (exact) mass is 394 g/mol. The number of hydrogen-bond acceptors (Lipinski definition) is 3. The second kappa shape index (κ2) is 9.65. The van der Waals surface area contributed by atoms with Crippen LogP contribution in [-0.2, 0) is 15.3 Å². The summed E-state index contributed by atoms with van der Waals surface area (Å²) in [5.41, 5.74) is 1.17. The molecule has 3 rings (SSSR count). The molecule has 1 atom stereocenters. The lowest BCUT2D eigenvalue weighted by molar-refractivity contribution is -0.140. The quantitative estimate of drug-likeness (QED) is 0.762. The number of halogens is 1. The van der Waals surface area contributed by atoms with Crippen molar-refractivity contribution in [1.82, 2.24) is 9.80 Å². The van der Waals surface area contributed by atoms with E-state index in [1.54, 1.807) is 11.8 Å². The fraction of sp³-hybridized carbons (Fsp3) is 0.600. The topological polar surface area (TPSA) is 40.6 Å². The van der Waals surface area contributed by atoms with E-state index in [4.69, 9.17) is 11.6 Å². The third-order valence-electron chi connectivity index (χ3n) is 5.20. The van der Waals surface area contributed by atoms with Gasteiger partial charge in [-0.2, -0.15) is 0 Å². The fourth-order valence-electron chi connectivity index (χ4n) is 3.71. The summed E-state index contributed by atoms with van der Waals surface area (Å²) in [6.45, 7) is 3.15. The molecule has 2 aliphatic rings. The largest absolute Gasteiger partial charge is 0.342 e. The van der Waals surface area contributed by atoms with Crippen LogP contribution in [0.25, 0.3) is 0 Å². The normalized spacial score (nSPS) is 20.9. The lowest BCUT2D eigenvalue weighted by atomic mass is 9.95. The van der Waals surface area contributed by atoms with Crippen molar-refractivity contribution in [2.45, 2.75) is 37.9 Å². The summed E-state index contributed by atoms with van der Waals surface area (Å²) >= 11 is 7.52. The molecule has 0 N–H and O–H groups in total. The molecule has 0 spiro atoms. The van der Waals surface area contributed by atoms with Gasteiger partial charge in [0, 0.05) is 37.0 Å². The van der Waals surface area contributed by atoms with Crippen LogP contribution in [0.5, 0.6) is 0 Å². The Hall–Kier alpha value is -1.20. The van der Waals surface area contributed by atoms with Crippen LogP contribution in [0.15, 0.2) is 24.3 Å². The number of carbonyl (C=O) groups is 2. The minimum Gasteiger partial charge on any atom is -0.342 e. The van der Waals surface area contributed by atoms with Gasteiger partial charge in [-0.25, -0.2) is 0 Å². The number of piperidine rings is 2. The Morgan fingerprint density at radius 2 is 1.69 bits per heavy atom. The lowest BCUT2D eigenvalue weighted by Crippen LogP contribution is -2.48. The zero-order valence-electron chi connectivity index (χ0n) is 15.2. The Balaban J connectivity index is 1.45. The number of thioether (sulfide) groups is 1. The smallest absolute Gasteiger partial charge is 0.232 e. The Bertz CT molecular complexity index is 617. The van der Waals surface area contributed by atoms with Crippen LogP contribution in [0, 0.1) is 5.92 Å². The summed E-state index contributed by atoms with van der Waals surface area (Å²) < 4.78 is 0. The van der Waals surface area contributed by atoms with Gasteiger partial charge >= 0.3 is 0 Å². The van der Waals surface area contributed by atoms with Crippen LogP contribution in [0.1, 0.15) is 37.7 Å². The van der Waals surface area contributed by atoms with Gasteiger partial charge in [-0.05, 0) is 49.8 Å². The van der Waals surface area contributed by atoms with E-state index >= 15 is 0 Å². The molecule has 0 saturated carbocycles. The third-order valence-corrected chi connectivity index (χ3v) is 6.44. The van der Waals surface area contributed by atoms with Gasteiger partial charge in [0.05, 0.1) is 11.7 Å². The molecule has 2 aliphatic heterocycles. The van der Waals surface area contributed by atoms with E-state index in [0.717, 1.165) is 56.1 Å². The highest BCUT2D eigenvalue weighted by molar-refractivity contribution is 7.99. The maximum absolute atomic E-state index is 12.7. The molecule has 0 bridgehead atoms. The molecule has 0 radical (unpaired) electrons. The number of carbonyl (C=O) groups excluding carboxylic acids is 2. The Morgan fingerprint density at radius 3 is 2.42 bits per heavy atom. The van der Waals surface area contributed by atoms with Gasteiger partial charge in [0.15, 0.2) is 0 Å². The second-order valence-corrected chi connectivity index (χ2v) is 8.61. The third kappa shape index (κ3) is 5.40. The van der Waals surface area contributed by atoms with E-state index in [0.29, 0.717) is 12.3 Å². The van der Waals surface area contributed by atoms with E-state index in [1.165, 1.54) is 12.0 Å². The summed E-state index contributed by atoms with van der Waals surface area (Å²) in [6.07, 6.45) is 5.30. The van der Waals surface area contributed by atoms with Gasteiger partial charge in [-0.15, -0.1) is 11.8 Å². The molecule has 1 aromatic carbocycles. The molecule has 1 aromatic rings. The molecule has 2 fully saturated rings. The van der Waals surface area contributed by atoms with Crippen molar-refractivity contribution in [3.63, 3.8) is 0 Å². The minimum atomic E-state index is -0.00735. The Kier molecular flexibility index (Phi) is 7.26. The van der Waals surface area contributed by atoms with Crippen LogP contribution in [0.2, 0.25) is 5.02 Å². The van der Waals surface area contributed by atoms with Gasteiger partial charge in [-0.1, -0.05) is 23.7 Å². The maximum atomic E-state index is 12.7. The van der Waals surface area contributed by atoms with Crippen molar-refractivity contribution in [3.05, 3.63) is 34.9 Å². The van der Waals surface area contributed by atoms with Gasteiger partial charge in [0.2, 0.25) is 11.8 Å². The number of hydrogen-bond donors (Lipinski definition) is 0. The molecule has 0 aliphatic carbocycles. The van der Waals surface area contributed by atoms with Gasteiger partial charge in [-0.3, -0.25) is 9.59 Å². The van der Waals surface area contributed by atoms with Crippen LogP contribution in [-0.4, -0.2) is 53.5 Å². The lowest BCUT2D eigenvalue weighted by Gasteiger charge is -2.36. The Labute approximate surface area is 165 Å². The highest BCUT2D eigenvalue weighted by atomic mass is 35.5. The summed E-state index contributed by atoms with van der Waals surface area (Å²) in [5.74, 6) is 1.67. The Morgan fingerprint density at radius 1 is 1.00 bits per heavy atom. The highest BCUT2D eigenvalue weighted by Crippen LogP contribution is 2.22. The van der Waals surface area contributed by atoms with Crippen molar-refractivity contribution in [2.75, 3.05) is 31.9 Å². The first-order valence-electron chi connectivity index (χ1n) is 9.52. The number of amides is 2. The molecule has 1 unspecified atom stereocenters. The summed E-state index contributed by atoms with van der Waals surface area (Å²) in [5, 5.41) is 0.729. The second-order valence-electron chi connectivity index (χ2n) is 7.18. The molecule has 26 heavy (non-hydrogen) atoms. The van der Waals surface area contributed by atoms with Crippen molar-refractivity contribution in [3.8, 4) is 0 Å². The number of benzene rings is 1. The van der Waals surface area contributed by atoms with E-state index < -0.39 is 0 Å². The van der Waals surface area contributed by atoms with Crippen molar-refractivity contribution in [1.29, 1.82) is 0 Å². The van der Waals surface area contributed by atoms with Crippen molar-refractivity contribution >= 4 is 35.2 Å². The average Bonchev–Trinajstić information content (AvgIpc) is 2.69. The van der Waals surface area contributed by atoms with Crippen LogP contribution in [0.4, 0.5) is 0 Å². The number of rotatable bonds is 5. The van der Waals surface area contributed by atoms with Gasteiger partial charge < -0.3 is 9.80 Å². The van der Waals surface area contributed by atoms with E-state index in [9.17, 15) is 9.59 Å². The van der Waals surface area contributed by atoms with Crippen LogP contribution >= 0.6 is 23.4 Å². The average molecular weight is 395 g/mol. The van der Waals surface area contributed by atoms with Crippen molar-refractivity contribution < 1.29 is 9.59 Å². The molecular formula is C20H27ClN2O2S. The highest BCUT2D eigenvalue weighted by Gasteiger charge is 2.31. The van der Waals surface area contributed by atoms with Crippen LogP contribution in [0.3, 0.4) is 0 Å². The first-order chi connectivity index (χ1) is 12.6. The molecule has 2 heterocycles. The molecule has 0 aromatic heterocycles. The van der Waals surface area contributed by atoms with E-state index in [2.05, 4.69) is 0 Å². The predicted molar refractivity (Wildman–Crippen MR) is 107 cm³/mol. The summed E-state index contributed by atoms with van der Waals surface area (Å²) in [4.78, 5) is 29.2. The number of likely N-dealkylation sites (tertiary alicyclic amines) is 2. The van der Waals surface area contributed by atoms with Crippen LogP contribution < -0.4 is 0 Å². The number of nitrogens with zero attached hydrogens (tertiary/aromatic N) is 2. The zero-order valence-corrected chi connectivity index (χ0v) is 16.7. The molecule has 6 heteroatoms. The molecule has 142 valence electrons. The molecule has 2 saturated heterocycles. The minimum absolute atomic E-state index is 0.00735.